The van der Waals surface area contributed by atoms with E-state index in [2.05, 4.69) is 10.6 Å². The SMILES string of the molecule is CCOc1ccccc1NC(=O)C(C)Sc1ccc(NC(=O)c2cccc(OC)c2)cc1. The largest absolute Gasteiger partial charge is 0.497 e. The number of thioether (sulfide) groups is 1. The van der Waals surface area contributed by atoms with E-state index in [1.807, 2.05) is 62.4 Å². The highest BCUT2D eigenvalue weighted by molar-refractivity contribution is 8.00. The second kappa shape index (κ2) is 11.2. The Morgan fingerprint density at radius 2 is 1.72 bits per heavy atom. The van der Waals surface area contributed by atoms with Crippen LogP contribution in [0.4, 0.5) is 11.4 Å². The number of hydrogen-bond acceptors (Lipinski definition) is 5. The van der Waals surface area contributed by atoms with Gasteiger partial charge in [-0.3, -0.25) is 9.59 Å². The highest BCUT2D eigenvalue weighted by Gasteiger charge is 2.16. The molecule has 2 N–H and O–H groups in total. The minimum absolute atomic E-state index is 0.113. The average Bonchev–Trinajstić information content (AvgIpc) is 2.81. The Morgan fingerprint density at radius 1 is 0.969 bits per heavy atom. The number of nitrogens with one attached hydrogen (secondary N) is 2. The Morgan fingerprint density at radius 3 is 2.44 bits per heavy atom. The molecule has 0 spiro atoms. The van der Waals surface area contributed by atoms with Crippen molar-refractivity contribution >= 4 is 35.0 Å². The molecule has 0 fully saturated rings. The molecule has 0 saturated heterocycles. The lowest BCUT2D eigenvalue weighted by atomic mass is 10.2. The van der Waals surface area contributed by atoms with Gasteiger partial charge in [0, 0.05) is 16.1 Å². The topological polar surface area (TPSA) is 76.7 Å². The van der Waals surface area contributed by atoms with Gasteiger partial charge in [0.25, 0.3) is 5.91 Å². The van der Waals surface area contributed by atoms with Gasteiger partial charge >= 0.3 is 0 Å². The molecular formula is C25H26N2O4S. The molecule has 7 heteroatoms. The van der Waals surface area contributed by atoms with Crippen molar-refractivity contribution in [1.29, 1.82) is 0 Å². The summed E-state index contributed by atoms with van der Waals surface area (Å²) in [6.45, 7) is 4.28. The summed E-state index contributed by atoms with van der Waals surface area (Å²) >= 11 is 1.44. The van der Waals surface area contributed by atoms with E-state index in [4.69, 9.17) is 9.47 Å². The van der Waals surface area contributed by atoms with Crippen LogP contribution in [-0.2, 0) is 4.79 Å². The molecule has 3 aromatic carbocycles. The maximum Gasteiger partial charge on any atom is 0.255 e. The van der Waals surface area contributed by atoms with E-state index < -0.39 is 0 Å². The maximum absolute atomic E-state index is 12.6. The summed E-state index contributed by atoms with van der Waals surface area (Å²) in [4.78, 5) is 26.0. The average molecular weight is 451 g/mol. The Hall–Kier alpha value is -3.45. The third-order valence-corrected chi connectivity index (χ3v) is 5.68. The molecule has 0 aromatic heterocycles. The molecule has 1 atom stereocenters. The molecule has 3 rings (SSSR count). The zero-order valence-electron chi connectivity index (χ0n) is 18.3. The van der Waals surface area contributed by atoms with Crippen LogP contribution >= 0.6 is 11.8 Å². The van der Waals surface area contributed by atoms with Crippen molar-refractivity contribution in [3.8, 4) is 11.5 Å². The number of carbonyl (C=O) groups is 2. The molecular weight excluding hydrogens is 424 g/mol. The molecule has 0 aliphatic heterocycles. The number of ether oxygens (including phenoxy) is 2. The highest BCUT2D eigenvalue weighted by Crippen LogP contribution is 2.28. The van der Waals surface area contributed by atoms with Gasteiger partial charge in [0.15, 0.2) is 0 Å². The van der Waals surface area contributed by atoms with E-state index >= 15 is 0 Å². The van der Waals surface area contributed by atoms with Gasteiger partial charge in [-0.15, -0.1) is 11.8 Å². The minimum atomic E-state index is -0.318. The third kappa shape index (κ3) is 6.28. The van der Waals surface area contributed by atoms with Crippen molar-refractivity contribution in [2.75, 3.05) is 24.4 Å². The number of rotatable bonds is 9. The number of amides is 2. The molecule has 6 nitrogen and oxygen atoms in total. The Bertz CT molecular complexity index is 1070. The van der Waals surface area contributed by atoms with Crippen molar-refractivity contribution in [2.24, 2.45) is 0 Å². The third-order valence-electron chi connectivity index (χ3n) is 4.57. The smallest absolute Gasteiger partial charge is 0.255 e. The fourth-order valence-electron chi connectivity index (χ4n) is 2.93. The molecule has 0 saturated carbocycles. The van der Waals surface area contributed by atoms with Gasteiger partial charge < -0.3 is 20.1 Å². The van der Waals surface area contributed by atoms with E-state index in [1.54, 1.807) is 31.4 Å². The van der Waals surface area contributed by atoms with Crippen LogP contribution in [0.2, 0.25) is 0 Å². The van der Waals surface area contributed by atoms with Crippen LogP contribution in [-0.4, -0.2) is 30.8 Å². The van der Waals surface area contributed by atoms with Gasteiger partial charge in [-0.1, -0.05) is 18.2 Å². The monoisotopic (exact) mass is 450 g/mol. The quantitative estimate of drug-likeness (QED) is 0.423. The molecule has 0 radical (unpaired) electrons. The Labute approximate surface area is 192 Å². The van der Waals surface area contributed by atoms with Gasteiger partial charge in [0.05, 0.1) is 24.7 Å². The van der Waals surface area contributed by atoms with Crippen LogP contribution in [0.3, 0.4) is 0 Å². The van der Waals surface area contributed by atoms with Gasteiger partial charge in [0.2, 0.25) is 5.91 Å². The van der Waals surface area contributed by atoms with Gasteiger partial charge in [-0.2, -0.15) is 0 Å². The number of hydrogen-bond donors (Lipinski definition) is 2. The van der Waals surface area contributed by atoms with E-state index in [1.165, 1.54) is 11.8 Å². The highest BCUT2D eigenvalue weighted by atomic mass is 32.2. The summed E-state index contributed by atoms with van der Waals surface area (Å²) in [6, 6.07) is 21.7. The summed E-state index contributed by atoms with van der Waals surface area (Å²) in [6.07, 6.45) is 0. The van der Waals surface area contributed by atoms with Crippen LogP contribution in [0.5, 0.6) is 11.5 Å². The Kier molecular flexibility index (Phi) is 8.16. The maximum atomic E-state index is 12.6. The zero-order chi connectivity index (χ0) is 22.9. The molecule has 166 valence electrons. The van der Waals surface area contributed by atoms with Crippen molar-refractivity contribution in [2.45, 2.75) is 24.0 Å². The zero-order valence-corrected chi connectivity index (χ0v) is 19.1. The summed E-state index contributed by atoms with van der Waals surface area (Å²) < 4.78 is 10.7. The molecule has 0 heterocycles. The van der Waals surface area contributed by atoms with Crippen LogP contribution in [0.15, 0.2) is 77.7 Å². The number of benzene rings is 3. The van der Waals surface area contributed by atoms with Crippen LogP contribution in [0.25, 0.3) is 0 Å². The first-order valence-electron chi connectivity index (χ1n) is 10.2. The standard InChI is InChI=1S/C25H26N2O4S/c1-4-31-23-11-6-5-10-22(23)27-24(28)17(2)32-21-14-12-19(13-15-21)26-25(29)18-8-7-9-20(16-18)30-3/h5-17H,4H2,1-3H3,(H,26,29)(H,27,28). The number of carbonyl (C=O) groups excluding carboxylic acids is 2. The van der Waals surface area contributed by atoms with E-state index in [0.29, 0.717) is 35.0 Å². The van der Waals surface area contributed by atoms with Crippen LogP contribution < -0.4 is 20.1 Å². The Balaban J connectivity index is 1.58. The van der Waals surface area contributed by atoms with E-state index in [9.17, 15) is 9.59 Å². The van der Waals surface area contributed by atoms with Crippen molar-refractivity contribution in [3.05, 3.63) is 78.4 Å². The fraction of sp³-hybridized carbons (Fsp3) is 0.200. The molecule has 2 amide bonds. The molecule has 3 aromatic rings. The first-order valence-corrected chi connectivity index (χ1v) is 11.1. The lowest BCUT2D eigenvalue weighted by molar-refractivity contribution is -0.115. The molecule has 0 aliphatic carbocycles. The molecule has 0 aliphatic rings. The van der Waals surface area contributed by atoms with Gasteiger partial charge in [-0.25, -0.2) is 0 Å². The summed E-state index contributed by atoms with van der Waals surface area (Å²) in [7, 11) is 1.56. The lowest BCUT2D eigenvalue weighted by Gasteiger charge is -2.15. The second-order valence-electron chi connectivity index (χ2n) is 6.89. The first kappa shape index (κ1) is 23.2. The molecule has 32 heavy (non-hydrogen) atoms. The van der Waals surface area contributed by atoms with E-state index in [-0.39, 0.29) is 17.1 Å². The fourth-order valence-corrected chi connectivity index (χ4v) is 3.80. The van der Waals surface area contributed by atoms with Gasteiger partial charge in [0.1, 0.15) is 11.5 Å². The van der Waals surface area contributed by atoms with Crippen molar-refractivity contribution in [1.82, 2.24) is 0 Å². The van der Waals surface area contributed by atoms with Crippen LogP contribution in [0.1, 0.15) is 24.2 Å². The van der Waals surface area contributed by atoms with Crippen LogP contribution in [0, 0.1) is 0 Å². The summed E-state index contributed by atoms with van der Waals surface area (Å²) in [5.41, 5.74) is 1.84. The van der Waals surface area contributed by atoms with Gasteiger partial charge in [-0.05, 0) is 68.4 Å². The normalized spacial score (nSPS) is 11.3. The van der Waals surface area contributed by atoms with Crippen molar-refractivity contribution < 1.29 is 19.1 Å². The molecule has 0 bridgehead atoms. The number of methoxy groups -OCH3 is 1. The van der Waals surface area contributed by atoms with Crippen molar-refractivity contribution in [3.63, 3.8) is 0 Å². The number of para-hydroxylation sites is 2. The molecule has 1 unspecified atom stereocenters. The predicted molar refractivity (Wildman–Crippen MR) is 129 cm³/mol. The number of anilines is 2. The second-order valence-corrected chi connectivity index (χ2v) is 8.30. The van der Waals surface area contributed by atoms with E-state index in [0.717, 1.165) is 4.90 Å². The predicted octanol–water partition coefficient (Wildman–Crippen LogP) is 5.47. The lowest BCUT2D eigenvalue weighted by Crippen LogP contribution is -2.22. The first-order chi connectivity index (χ1) is 15.5. The minimum Gasteiger partial charge on any atom is -0.497 e. The summed E-state index contributed by atoms with van der Waals surface area (Å²) in [5.74, 6) is 0.944. The summed E-state index contributed by atoms with van der Waals surface area (Å²) in [5, 5.41) is 5.48.